The van der Waals surface area contributed by atoms with Gasteiger partial charge in [-0.15, -0.1) is 6.58 Å². The molecule has 0 aromatic carbocycles. The van der Waals surface area contributed by atoms with Crippen LogP contribution in [0.4, 0.5) is 0 Å². The highest BCUT2D eigenvalue weighted by Crippen LogP contribution is 2.38. The minimum atomic E-state index is -2.88. The molecule has 0 aromatic rings. The molecule has 9 N–H and O–H groups in total. The van der Waals surface area contributed by atoms with Crippen molar-refractivity contribution in [2.75, 3.05) is 47.1 Å². The van der Waals surface area contributed by atoms with Crippen molar-refractivity contribution in [3.05, 3.63) is 59.7 Å². The van der Waals surface area contributed by atoms with Gasteiger partial charge >= 0.3 is 11.9 Å². The number of nitrogens with two attached hydrogens (primary N) is 1. The molecule has 0 unspecified atom stereocenters. The largest absolute Gasteiger partial charge is 0.478 e. The number of allylic oxidation sites excluding steroid dienone is 2. The summed E-state index contributed by atoms with van der Waals surface area (Å²) in [5.74, 6) is -6.70. The number of nitrogens with one attached hydrogen (secondary N) is 1. The summed E-state index contributed by atoms with van der Waals surface area (Å²) < 4.78 is 27.7. The third-order valence-corrected chi connectivity index (χ3v) is 7.56. The lowest BCUT2D eigenvalue weighted by atomic mass is 9.83. The van der Waals surface area contributed by atoms with E-state index in [1.807, 2.05) is 0 Å². The number of β-amino-alcohol motifs (C(OH)–C–C–N with tert-alkyl or cyclic N) is 1. The summed E-state index contributed by atoms with van der Waals surface area (Å²) in [6.45, 7) is 4.43. The van der Waals surface area contributed by atoms with Crippen LogP contribution in [0.25, 0.3) is 0 Å². The number of guanidine groups is 1. The van der Waals surface area contributed by atoms with Crippen LogP contribution >= 0.6 is 0 Å². The molecule has 0 saturated carbocycles. The van der Waals surface area contributed by atoms with Crippen LogP contribution in [0.2, 0.25) is 0 Å². The van der Waals surface area contributed by atoms with Crippen LogP contribution < -0.4 is 11.1 Å². The number of nitrogens with zero attached hydrogens (tertiary/aromatic N) is 2. The molecular weight excluding hydrogens is 612 g/mol. The average Bonchev–Trinajstić information content (AvgIpc) is 3.03. The molecule has 0 aromatic heterocycles. The molecule has 0 bridgehead atoms. The zero-order valence-corrected chi connectivity index (χ0v) is 25.7. The van der Waals surface area contributed by atoms with Crippen LogP contribution in [-0.2, 0) is 33.3 Å². The zero-order chi connectivity index (χ0) is 34.2. The Hall–Kier alpha value is -3.81. The number of rotatable bonds is 13. The number of carboxylic acid groups (broad SMARTS) is 1. The lowest BCUT2D eigenvalue weighted by Gasteiger charge is -2.47. The number of ether oxygens (including phenoxy) is 5. The van der Waals surface area contributed by atoms with Crippen molar-refractivity contribution in [3.8, 4) is 0 Å². The Balaban J connectivity index is 2.05. The maximum Gasteiger partial charge on any atom is 0.337 e. The van der Waals surface area contributed by atoms with E-state index in [4.69, 9.17) is 29.4 Å². The number of hydrogen-bond donors (Lipinski definition) is 8. The number of aliphatic hydroxyl groups is 5. The first-order valence-corrected chi connectivity index (χ1v) is 14.3. The SMILES string of the molecule is C=C[C@H]1[C@H](O[C@@H]2O[C@H](CO)[C@@H](O)C(O)(O)[C@H]2OCC)OC=C(C(=O)OC)[C@H]1/C=C/C1=CN(CCO)CC(C(=O)O)=C1NC(N)=NC. The number of aliphatic hydroxyl groups excluding tert-OH is 3. The lowest BCUT2D eigenvalue weighted by Crippen LogP contribution is -2.68. The van der Waals surface area contributed by atoms with Gasteiger partial charge in [-0.3, -0.25) is 4.99 Å². The maximum atomic E-state index is 12.8. The van der Waals surface area contributed by atoms with Crippen molar-refractivity contribution in [3.63, 3.8) is 0 Å². The Morgan fingerprint density at radius 1 is 1.30 bits per heavy atom. The summed E-state index contributed by atoms with van der Waals surface area (Å²) in [5, 5.41) is 63.7. The number of aliphatic imine (C=N–C) groups is 1. The molecule has 17 nitrogen and oxygen atoms in total. The Morgan fingerprint density at radius 2 is 2.02 bits per heavy atom. The van der Waals surface area contributed by atoms with Gasteiger partial charge in [-0.1, -0.05) is 18.2 Å². The number of esters is 1. The number of carboxylic acids is 1. The number of aliphatic carboxylic acids is 1. The standard InChI is InChI=1S/C29H42N4O13/c1-5-16-17(8-7-15-11-33(9-10-34)12-18(24(37)38)21(15)32-28(30)31-3)19(25(39)42-4)14-44-26(16)46-27-23(43-6-2)29(40,41)22(36)20(13-35)45-27/h5,7-8,11,14,16-17,20,22-23,26-27,34-36,40-41H,1,6,9-10,12-13H2,2-4H3,(H,37,38)(H3,30,31,32)/b8-7+/t16-,17+,20-,22-,23+,26+,27+/m1/s1. The molecule has 0 spiro atoms. The van der Waals surface area contributed by atoms with E-state index in [0.29, 0.717) is 5.57 Å². The average molecular weight is 655 g/mol. The van der Waals surface area contributed by atoms with Gasteiger partial charge in [0.25, 0.3) is 0 Å². The second-order valence-electron chi connectivity index (χ2n) is 10.4. The normalized spacial score (nSPS) is 30.0. The minimum absolute atomic E-state index is 0.0285. The summed E-state index contributed by atoms with van der Waals surface area (Å²) in [4.78, 5) is 30.5. The number of methoxy groups -OCH3 is 1. The molecule has 3 aliphatic rings. The number of carbonyl (C=O) groups excluding carboxylic acids is 1. The molecule has 17 heteroatoms. The number of hydrogen-bond acceptors (Lipinski definition) is 14. The predicted molar refractivity (Wildman–Crippen MR) is 159 cm³/mol. The summed E-state index contributed by atoms with van der Waals surface area (Å²) in [5.41, 5.74) is 6.29. The van der Waals surface area contributed by atoms with E-state index in [0.717, 1.165) is 6.26 Å². The highest BCUT2D eigenvalue weighted by Gasteiger charge is 2.57. The van der Waals surface area contributed by atoms with Crippen molar-refractivity contribution in [1.29, 1.82) is 0 Å². The Morgan fingerprint density at radius 3 is 2.59 bits per heavy atom. The first-order chi connectivity index (χ1) is 21.9. The highest BCUT2D eigenvalue weighted by atomic mass is 16.8. The summed E-state index contributed by atoms with van der Waals surface area (Å²) in [7, 11) is 2.59. The van der Waals surface area contributed by atoms with E-state index < -0.39 is 67.1 Å². The van der Waals surface area contributed by atoms with Crippen molar-refractivity contribution >= 4 is 17.9 Å². The van der Waals surface area contributed by atoms with Crippen molar-refractivity contribution in [2.24, 2.45) is 22.6 Å². The monoisotopic (exact) mass is 654 g/mol. The molecule has 3 heterocycles. The molecule has 0 amide bonds. The van der Waals surface area contributed by atoms with Crippen LogP contribution in [0.5, 0.6) is 0 Å². The molecule has 256 valence electrons. The van der Waals surface area contributed by atoms with E-state index >= 15 is 0 Å². The first-order valence-electron chi connectivity index (χ1n) is 14.3. The molecule has 3 rings (SSSR count). The minimum Gasteiger partial charge on any atom is -0.478 e. The van der Waals surface area contributed by atoms with Gasteiger partial charge in [-0.2, -0.15) is 0 Å². The Kier molecular flexibility index (Phi) is 12.9. The fraction of sp³-hybridized carbons (Fsp3) is 0.552. The van der Waals surface area contributed by atoms with Crippen LogP contribution in [0, 0.1) is 11.8 Å². The molecular formula is C29H42N4O13. The van der Waals surface area contributed by atoms with Crippen molar-refractivity contribution in [2.45, 2.75) is 43.6 Å². The molecule has 0 radical (unpaired) electrons. The van der Waals surface area contributed by atoms with Gasteiger partial charge in [0.1, 0.15) is 12.2 Å². The molecule has 1 fully saturated rings. The topological polar surface area (TPSA) is 255 Å². The molecule has 46 heavy (non-hydrogen) atoms. The Bertz CT molecular complexity index is 1280. The third kappa shape index (κ3) is 7.94. The van der Waals surface area contributed by atoms with Gasteiger partial charge in [0.05, 0.1) is 55.9 Å². The molecule has 3 aliphatic heterocycles. The van der Waals surface area contributed by atoms with E-state index in [9.17, 15) is 40.2 Å². The van der Waals surface area contributed by atoms with Crippen LogP contribution in [0.1, 0.15) is 6.92 Å². The van der Waals surface area contributed by atoms with E-state index in [-0.39, 0.29) is 49.1 Å². The zero-order valence-electron chi connectivity index (χ0n) is 25.7. The summed E-state index contributed by atoms with van der Waals surface area (Å²) >= 11 is 0. The summed E-state index contributed by atoms with van der Waals surface area (Å²) in [6.07, 6.45) is -0.705. The second kappa shape index (κ2) is 16.1. The fourth-order valence-electron chi connectivity index (χ4n) is 5.20. The van der Waals surface area contributed by atoms with E-state index in [1.54, 1.807) is 24.1 Å². The van der Waals surface area contributed by atoms with E-state index in [2.05, 4.69) is 16.9 Å². The van der Waals surface area contributed by atoms with Gasteiger partial charge in [0.2, 0.25) is 12.1 Å². The molecule has 1 saturated heterocycles. The highest BCUT2D eigenvalue weighted by molar-refractivity contribution is 5.92. The quantitative estimate of drug-likeness (QED) is 0.0339. The maximum absolute atomic E-state index is 12.8. The van der Waals surface area contributed by atoms with E-state index in [1.165, 1.54) is 26.3 Å². The van der Waals surface area contributed by atoms with Crippen LogP contribution in [0.3, 0.4) is 0 Å². The summed E-state index contributed by atoms with van der Waals surface area (Å²) in [6, 6.07) is 0. The Labute approximate surface area is 265 Å². The van der Waals surface area contributed by atoms with Gasteiger partial charge < -0.3 is 70.3 Å². The predicted octanol–water partition coefficient (Wildman–Crippen LogP) is -2.38. The van der Waals surface area contributed by atoms with Gasteiger partial charge in [-0.25, -0.2) is 9.59 Å². The van der Waals surface area contributed by atoms with Gasteiger partial charge in [-0.05, 0) is 6.92 Å². The van der Waals surface area contributed by atoms with Crippen molar-refractivity contribution < 1.29 is 63.9 Å². The lowest BCUT2D eigenvalue weighted by molar-refractivity contribution is -0.410. The fourth-order valence-corrected chi connectivity index (χ4v) is 5.20. The number of carbonyl (C=O) groups is 2. The second-order valence-corrected chi connectivity index (χ2v) is 10.4. The van der Waals surface area contributed by atoms with Crippen LogP contribution in [-0.4, -0.2) is 137 Å². The smallest absolute Gasteiger partial charge is 0.337 e. The third-order valence-electron chi connectivity index (χ3n) is 7.56. The van der Waals surface area contributed by atoms with Crippen LogP contribution in [0.15, 0.2) is 64.7 Å². The van der Waals surface area contributed by atoms with Gasteiger partial charge in [0, 0.05) is 37.9 Å². The molecule has 0 aliphatic carbocycles. The van der Waals surface area contributed by atoms with Crippen molar-refractivity contribution in [1.82, 2.24) is 10.2 Å². The van der Waals surface area contributed by atoms with Gasteiger partial charge in [0.15, 0.2) is 18.4 Å². The molecule has 7 atom stereocenters. The first kappa shape index (κ1) is 36.7.